The van der Waals surface area contributed by atoms with Gasteiger partial charge in [-0.3, -0.25) is 9.59 Å². The van der Waals surface area contributed by atoms with E-state index in [-0.39, 0.29) is 30.2 Å². The first-order valence-electron chi connectivity index (χ1n) is 22.2. The van der Waals surface area contributed by atoms with Crippen molar-refractivity contribution in [2.24, 2.45) is 5.92 Å². The molecule has 1 saturated carbocycles. The Morgan fingerprint density at radius 2 is 1.60 bits per heavy atom. The summed E-state index contributed by atoms with van der Waals surface area (Å²) in [7, 11) is -0.788. The van der Waals surface area contributed by atoms with E-state index in [0.717, 1.165) is 81.5 Å². The minimum Gasteiger partial charge on any atom is -0.444 e. The van der Waals surface area contributed by atoms with E-state index < -0.39 is 31.7 Å². The van der Waals surface area contributed by atoms with Gasteiger partial charge in [-0.1, -0.05) is 99.7 Å². The van der Waals surface area contributed by atoms with Crippen molar-refractivity contribution >= 4 is 26.2 Å². The fourth-order valence-corrected chi connectivity index (χ4v) is 11.1. The standard InChI is InChI=1S/C46H74N4O6Si/c1-8-9-33-57(6,7)56-46(35-37-21-15-11-16-22-37,28-25-40(34-36-19-13-10-14-20-36)48-44(53)55-45(2,3)4)43(52)49-41(38-23-17-12-18-24-38)42(51)50-30-26-39(27-31-50)47-29-32-54-5/h10-11,13-16,19-22,38-41,47H,8-9,12,17-18,23-35H2,1-7H3,(H,48,53)(H,49,52)/t40-,41-,46+/m0/s1/i11T. The van der Waals surface area contributed by atoms with Gasteiger partial charge < -0.3 is 34.8 Å². The van der Waals surface area contributed by atoms with Crippen LogP contribution in [0, 0.1) is 5.92 Å². The molecule has 57 heavy (non-hydrogen) atoms. The first-order chi connectivity index (χ1) is 27.6. The molecule has 1 aliphatic carbocycles. The molecule has 318 valence electrons. The van der Waals surface area contributed by atoms with Crippen LogP contribution in [0.5, 0.6) is 0 Å². The third-order valence-electron chi connectivity index (χ3n) is 11.5. The number of ether oxygens (including phenoxy) is 2. The number of benzene rings is 2. The molecule has 0 bridgehead atoms. The van der Waals surface area contributed by atoms with Gasteiger partial charge in [-0.05, 0) is 102 Å². The van der Waals surface area contributed by atoms with Crippen molar-refractivity contribution in [1.29, 1.82) is 0 Å². The summed E-state index contributed by atoms with van der Waals surface area (Å²) in [6, 6.07) is 17.9. The van der Waals surface area contributed by atoms with Crippen LogP contribution in [0.2, 0.25) is 19.1 Å². The third-order valence-corrected chi connectivity index (χ3v) is 14.0. The van der Waals surface area contributed by atoms with E-state index in [1.54, 1.807) is 19.2 Å². The molecular formula is C46H74N4O6Si. The normalized spacial score (nSPS) is 18.2. The predicted octanol–water partition coefficient (Wildman–Crippen LogP) is 8.20. The number of amides is 3. The number of nitrogens with one attached hydrogen (secondary N) is 3. The molecule has 2 aromatic rings. The predicted molar refractivity (Wildman–Crippen MR) is 232 cm³/mol. The highest BCUT2D eigenvalue weighted by molar-refractivity contribution is 6.71. The zero-order valence-electron chi connectivity index (χ0n) is 37.1. The van der Waals surface area contributed by atoms with Crippen molar-refractivity contribution in [1.82, 2.24) is 20.9 Å². The van der Waals surface area contributed by atoms with Gasteiger partial charge in [0.15, 0.2) is 8.32 Å². The Morgan fingerprint density at radius 3 is 2.23 bits per heavy atom. The van der Waals surface area contributed by atoms with Gasteiger partial charge in [0.1, 0.15) is 17.2 Å². The van der Waals surface area contributed by atoms with E-state index in [1.165, 1.54) is 0 Å². The number of nitrogens with zero attached hydrogens (tertiary/aromatic N) is 1. The molecule has 2 aliphatic rings. The third kappa shape index (κ3) is 15.8. The summed E-state index contributed by atoms with van der Waals surface area (Å²) in [5, 5.41) is 10.1. The number of likely N-dealkylation sites (tertiary alicyclic amines) is 1. The number of carbonyl (C=O) groups is 3. The summed E-state index contributed by atoms with van der Waals surface area (Å²) in [6.07, 6.45) is 9.73. The van der Waals surface area contributed by atoms with Crippen molar-refractivity contribution < 1.29 is 29.7 Å². The second-order valence-corrected chi connectivity index (χ2v) is 22.2. The van der Waals surface area contributed by atoms with E-state index in [0.29, 0.717) is 51.0 Å². The lowest BCUT2D eigenvalue weighted by atomic mass is 9.81. The number of piperidine rings is 1. The van der Waals surface area contributed by atoms with E-state index in [2.05, 4.69) is 36.0 Å². The van der Waals surface area contributed by atoms with Gasteiger partial charge in [0.2, 0.25) is 5.91 Å². The van der Waals surface area contributed by atoms with E-state index >= 15 is 4.79 Å². The first-order valence-corrected chi connectivity index (χ1v) is 24.8. The summed E-state index contributed by atoms with van der Waals surface area (Å²) in [5.41, 5.74) is -0.0782. The number of unbranched alkanes of at least 4 members (excludes halogenated alkanes) is 1. The molecule has 3 atom stereocenters. The molecule has 10 nitrogen and oxygen atoms in total. The maximum Gasteiger partial charge on any atom is 0.407 e. The number of alkyl carbamates (subject to hydrolysis) is 1. The molecule has 0 aromatic heterocycles. The molecule has 1 heterocycles. The Kier molecular flexibility index (Phi) is 17.9. The number of hydrogen-bond acceptors (Lipinski definition) is 7. The molecule has 3 amide bonds. The average Bonchev–Trinajstić information content (AvgIpc) is 3.19. The van der Waals surface area contributed by atoms with Gasteiger partial charge in [0, 0.05) is 45.2 Å². The lowest BCUT2D eigenvalue weighted by Gasteiger charge is -2.43. The maximum absolute atomic E-state index is 15.6. The summed E-state index contributed by atoms with van der Waals surface area (Å²) in [4.78, 5) is 45.5. The zero-order chi connectivity index (χ0) is 42.2. The van der Waals surface area contributed by atoms with Crippen LogP contribution >= 0.6 is 0 Å². The first kappa shape index (κ1) is 44.8. The van der Waals surface area contributed by atoms with Crippen molar-refractivity contribution in [2.45, 2.75) is 160 Å². The monoisotopic (exact) mass is 809 g/mol. The summed E-state index contributed by atoms with van der Waals surface area (Å²) >= 11 is 0. The Labute approximate surface area is 346 Å². The van der Waals surface area contributed by atoms with Gasteiger partial charge in [-0.25, -0.2) is 4.79 Å². The molecule has 2 aromatic carbocycles. The number of methoxy groups -OCH3 is 1. The summed E-state index contributed by atoms with van der Waals surface area (Å²) in [5.74, 6) is -0.234. The van der Waals surface area contributed by atoms with Gasteiger partial charge in [0.25, 0.3) is 5.91 Å². The number of carbonyl (C=O) groups excluding carboxylic acids is 3. The van der Waals surface area contributed by atoms with Crippen LogP contribution in [0.25, 0.3) is 0 Å². The number of rotatable bonds is 21. The fourth-order valence-electron chi connectivity index (χ4n) is 8.46. The topological polar surface area (TPSA) is 118 Å². The summed E-state index contributed by atoms with van der Waals surface area (Å²) < 4.78 is 26.5. The van der Waals surface area contributed by atoms with Crippen LogP contribution in [0.1, 0.15) is 111 Å². The van der Waals surface area contributed by atoms with Crippen LogP contribution in [0.15, 0.2) is 60.6 Å². The van der Waals surface area contributed by atoms with Gasteiger partial charge in [0.05, 0.1) is 7.98 Å². The second-order valence-electron chi connectivity index (χ2n) is 18.0. The molecule has 1 saturated heterocycles. The molecule has 2 fully saturated rings. The quantitative estimate of drug-likeness (QED) is 0.0860. The Hall–Kier alpha value is -3.25. The van der Waals surface area contributed by atoms with Crippen LogP contribution < -0.4 is 16.0 Å². The average molecular weight is 809 g/mol. The highest BCUT2D eigenvalue weighted by Gasteiger charge is 2.47. The van der Waals surface area contributed by atoms with Crippen LogP contribution in [0.4, 0.5) is 4.79 Å². The van der Waals surface area contributed by atoms with Gasteiger partial charge in [-0.2, -0.15) is 0 Å². The van der Waals surface area contributed by atoms with Crippen molar-refractivity contribution in [3.63, 3.8) is 0 Å². The van der Waals surface area contributed by atoms with E-state index in [9.17, 15) is 9.59 Å². The van der Waals surface area contributed by atoms with Crippen LogP contribution in [-0.2, 0) is 36.3 Å². The lowest BCUT2D eigenvalue weighted by molar-refractivity contribution is -0.146. The maximum atomic E-state index is 15.6. The highest BCUT2D eigenvalue weighted by atomic mass is 28.4. The van der Waals surface area contributed by atoms with E-state index in [4.69, 9.17) is 15.3 Å². The molecule has 4 rings (SSSR count). The minimum absolute atomic E-state index is 0.000847. The van der Waals surface area contributed by atoms with Gasteiger partial charge >= 0.3 is 6.09 Å². The Balaban J connectivity index is 1.72. The van der Waals surface area contributed by atoms with Crippen LogP contribution in [0.3, 0.4) is 0 Å². The van der Waals surface area contributed by atoms with Crippen LogP contribution in [-0.4, -0.2) is 93.8 Å². The zero-order valence-corrected chi connectivity index (χ0v) is 37.1. The smallest absolute Gasteiger partial charge is 0.407 e. The Bertz CT molecular complexity index is 1540. The Morgan fingerprint density at radius 1 is 0.930 bits per heavy atom. The number of hydrogen-bond donors (Lipinski definition) is 3. The molecule has 0 unspecified atom stereocenters. The molecule has 0 radical (unpaired) electrons. The molecule has 11 heteroatoms. The molecule has 3 N–H and O–H groups in total. The molecule has 1 aliphatic heterocycles. The summed E-state index contributed by atoms with van der Waals surface area (Å²) in [6.45, 7) is 14.8. The minimum atomic E-state index is -2.49. The van der Waals surface area contributed by atoms with E-state index in [1.807, 2.05) is 68.1 Å². The van der Waals surface area contributed by atoms with Crippen molar-refractivity contribution in [2.75, 3.05) is 33.4 Å². The molecular weight excluding hydrogens is 733 g/mol. The SMILES string of the molecule is [3H]c1ccc(C[C@@](CC[C@@H](Cc2ccccc2)NC(=O)OC(C)(C)C)(O[Si](C)(C)CCCC)C(=O)N[C@H](C(=O)N2CCC(NCCOC)CC2)C2CCCCC2)cc1. The fraction of sp³-hybridized carbons (Fsp3) is 0.674. The highest BCUT2D eigenvalue weighted by Crippen LogP contribution is 2.34. The van der Waals surface area contributed by atoms with Crippen molar-refractivity contribution in [3.8, 4) is 0 Å². The second kappa shape index (κ2) is 22.8. The largest absolute Gasteiger partial charge is 0.444 e. The van der Waals surface area contributed by atoms with Crippen molar-refractivity contribution in [3.05, 3.63) is 71.8 Å². The molecule has 0 spiro atoms. The van der Waals surface area contributed by atoms with Gasteiger partial charge in [-0.15, -0.1) is 0 Å². The lowest BCUT2D eigenvalue weighted by Crippen LogP contribution is -2.62.